The topological polar surface area (TPSA) is 147 Å². The molecule has 29 heavy (non-hydrogen) atoms. The Morgan fingerprint density at radius 1 is 0.759 bits per heavy atom. The molecule has 1 fully saturated rings. The maximum Gasteiger partial charge on any atom is 0.187 e. The van der Waals surface area contributed by atoms with Crippen LogP contribution in [0.15, 0.2) is 59.7 Å². The van der Waals surface area contributed by atoms with Crippen molar-refractivity contribution in [2.24, 2.45) is 0 Å². The van der Waals surface area contributed by atoms with E-state index in [1.165, 1.54) is 60.7 Å². The van der Waals surface area contributed by atoms with Gasteiger partial charge in [-0.05, 0) is 47.5 Å². The minimum atomic E-state index is -3.54. The fourth-order valence-electron chi connectivity index (χ4n) is 2.92. The van der Waals surface area contributed by atoms with Gasteiger partial charge in [-0.15, -0.1) is 0 Å². The molecule has 0 bridgehead atoms. The maximum atomic E-state index is 12.8. The third kappa shape index (κ3) is 5.22. The van der Waals surface area contributed by atoms with Gasteiger partial charge in [0.2, 0.25) is 0 Å². The average Bonchev–Trinajstić information content (AvgIpc) is 2.66. The highest BCUT2D eigenvalue weighted by Gasteiger charge is 2.30. The second-order valence-electron chi connectivity index (χ2n) is 6.55. The SMILES string of the molecule is O=C1/C(=C/c2ccc([NH+]([O-])O)cc2)CS(=O)(=O)C/C1=C/c1ccc([NH+]([O-])O)cc1. The molecule has 0 radical (unpaired) electrons. The van der Waals surface area contributed by atoms with Crippen LogP contribution in [-0.4, -0.2) is 36.1 Å². The predicted octanol–water partition coefficient (Wildman–Crippen LogP) is -0.0421. The number of hydrogen-bond donors (Lipinski definition) is 4. The van der Waals surface area contributed by atoms with Gasteiger partial charge < -0.3 is 10.4 Å². The van der Waals surface area contributed by atoms with Gasteiger partial charge in [0.25, 0.3) is 0 Å². The van der Waals surface area contributed by atoms with Crippen LogP contribution < -0.4 is 10.5 Å². The second kappa shape index (κ2) is 8.35. The summed E-state index contributed by atoms with van der Waals surface area (Å²) in [7, 11) is -3.54. The second-order valence-corrected chi connectivity index (χ2v) is 8.62. The van der Waals surface area contributed by atoms with Crippen molar-refractivity contribution in [3.05, 3.63) is 81.2 Å². The van der Waals surface area contributed by atoms with Crippen molar-refractivity contribution in [2.75, 3.05) is 11.5 Å². The summed E-state index contributed by atoms with van der Waals surface area (Å²) in [6.07, 6.45) is 2.87. The number of sulfone groups is 1. The summed E-state index contributed by atoms with van der Waals surface area (Å²) in [4.78, 5) is 12.8. The van der Waals surface area contributed by atoms with E-state index in [4.69, 9.17) is 10.4 Å². The number of Topliss-reactive ketones (excluding diaryl/α,β-unsaturated/α-hetero) is 1. The Bertz CT molecular complexity index is 991. The first-order valence-electron chi connectivity index (χ1n) is 8.47. The van der Waals surface area contributed by atoms with Crippen LogP contribution >= 0.6 is 0 Å². The van der Waals surface area contributed by atoms with Gasteiger partial charge in [0.1, 0.15) is 0 Å². The summed E-state index contributed by atoms with van der Waals surface area (Å²) in [6.45, 7) is 0. The van der Waals surface area contributed by atoms with E-state index in [1.54, 1.807) is 0 Å². The highest BCUT2D eigenvalue weighted by molar-refractivity contribution is 7.92. The molecule has 2 aromatic rings. The Balaban J connectivity index is 1.92. The monoisotopic (exact) mass is 418 g/mol. The van der Waals surface area contributed by atoms with E-state index >= 15 is 0 Å². The van der Waals surface area contributed by atoms with E-state index < -0.39 is 37.6 Å². The van der Waals surface area contributed by atoms with Crippen molar-refractivity contribution in [2.45, 2.75) is 0 Å². The summed E-state index contributed by atoms with van der Waals surface area (Å²) >= 11 is 0. The van der Waals surface area contributed by atoms with Gasteiger partial charge in [0.15, 0.2) is 27.0 Å². The molecule has 0 aromatic heterocycles. The lowest BCUT2D eigenvalue weighted by Crippen LogP contribution is -2.99. The highest BCUT2D eigenvalue weighted by Crippen LogP contribution is 2.24. The number of carbonyl (C=O) groups is 1. The number of quaternary nitrogens is 2. The molecule has 0 saturated carbocycles. The van der Waals surface area contributed by atoms with Crippen LogP contribution in [-0.2, 0) is 14.6 Å². The van der Waals surface area contributed by atoms with Gasteiger partial charge in [-0.25, -0.2) is 18.8 Å². The molecule has 2 atom stereocenters. The fourth-order valence-corrected chi connectivity index (χ4v) is 4.40. The molecule has 2 aromatic carbocycles. The largest absolute Gasteiger partial charge is 0.595 e. The van der Waals surface area contributed by atoms with Gasteiger partial charge >= 0.3 is 0 Å². The summed E-state index contributed by atoms with van der Waals surface area (Å²) < 4.78 is 24.6. The Kier molecular flexibility index (Phi) is 6.05. The van der Waals surface area contributed by atoms with E-state index in [2.05, 4.69) is 0 Å². The van der Waals surface area contributed by atoms with Crippen LogP contribution in [0.4, 0.5) is 11.4 Å². The van der Waals surface area contributed by atoms with Gasteiger partial charge in [0.05, 0.1) is 11.5 Å². The van der Waals surface area contributed by atoms with Crippen LogP contribution in [0.2, 0.25) is 0 Å². The molecule has 4 N–H and O–H groups in total. The molecular weight excluding hydrogens is 400 g/mol. The van der Waals surface area contributed by atoms with Gasteiger partial charge in [0, 0.05) is 35.4 Å². The molecule has 3 rings (SSSR count). The average molecular weight is 418 g/mol. The van der Waals surface area contributed by atoms with E-state index in [0.717, 1.165) is 0 Å². The Hall–Kier alpha value is -2.70. The summed E-state index contributed by atoms with van der Waals surface area (Å²) in [5.74, 6) is -1.21. The highest BCUT2D eigenvalue weighted by atomic mass is 32.2. The lowest BCUT2D eigenvalue weighted by molar-refractivity contribution is -0.991. The third-order valence-corrected chi connectivity index (χ3v) is 5.83. The first-order valence-corrected chi connectivity index (χ1v) is 10.3. The zero-order valence-electron chi connectivity index (χ0n) is 15.0. The van der Waals surface area contributed by atoms with Crippen molar-refractivity contribution in [1.82, 2.24) is 0 Å². The van der Waals surface area contributed by atoms with Gasteiger partial charge in [-0.3, -0.25) is 4.79 Å². The van der Waals surface area contributed by atoms with Gasteiger partial charge in [-0.2, -0.15) is 10.5 Å². The van der Waals surface area contributed by atoms with Crippen molar-refractivity contribution in [1.29, 1.82) is 0 Å². The molecule has 1 aliphatic rings. The Labute approximate surface area is 166 Å². The molecule has 1 heterocycles. The molecule has 9 nitrogen and oxygen atoms in total. The lowest BCUT2D eigenvalue weighted by Gasteiger charge is -2.18. The van der Waals surface area contributed by atoms with Crippen molar-refractivity contribution in [3.8, 4) is 0 Å². The molecule has 0 spiro atoms. The van der Waals surface area contributed by atoms with E-state index in [9.17, 15) is 23.6 Å². The van der Waals surface area contributed by atoms with Crippen molar-refractivity contribution >= 4 is 39.1 Å². The van der Waals surface area contributed by atoms with Crippen LogP contribution in [0.3, 0.4) is 0 Å². The van der Waals surface area contributed by atoms with Crippen LogP contribution in [0.25, 0.3) is 12.2 Å². The van der Waals surface area contributed by atoms with Crippen molar-refractivity contribution in [3.63, 3.8) is 0 Å². The van der Waals surface area contributed by atoms with Crippen LogP contribution in [0.1, 0.15) is 11.1 Å². The molecule has 2 unspecified atom stereocenters. The smallest absolute Gasteiger partial charge is 0.187 e. The zero-order chi connectivity index (χ0) is 21.2. The van der Waals surface area contributed by atoms with Crippen LogP contribution in [0.5, 0.6) is 0 Å². The van der Waals surface area contributed by atoms with E-state index in [1.807, 2.05) is 0 Å². The summed E-state index contributed by atoms with van der Waals surface area (Å²) in [6, 6.07) is 11.5. The number of ketones is 1. The quantitative estimate of drug-likeness (QED) is 0.402. The Morgan fingerprint density at radius 2 is 1.10 bits per heavy atom. The molecule has 0 amide bonds. The molecule has 152 valence electrons. The maximum absolute atomic E-state index is 12.8. The predicted molar refractivity (Wildman–Crippen MR) is 104 cm³/mol. The molecule has 1 aliphatic heterocycles. The van der Waals surface area contributed by atoms with Gasteiger partial charge in [-0.1, -0.05) is 0 Å². The first-order chi connectivity index (χ1) is 13.6. The number of benzene rings is 2. The standard InChI is InChI=1S/C19H18N2O7S/c22-19-15(9-13-1-5-17(6-2-13)20(23)24)11-29(27,28)12-16(19)10-14-3-7-18(8-4-14)21(25)26/h1-10,20-21,23,25H,11-12H2/b15-9-,16-10+. The number of carbonyl (C=O) groups excluding carboxylic acids is 1. The number of hydrogen-bond acceptors (Lipinski definition) is 7. The van der Waals surface area contributed by atoms with E-state index in [-0.39, 0.29) is 22.5 Å². The molecule has 0 aliphatic carbocycles. The fraction of sp³-hybridized carbons (Fsp3) is 0.105. The molecule has 10 heteroatoms. The minimum absolute atomic E-state index is 0.0835. The van der Waals surface area contributed by atoms with Crippen LogP contribution in [0, 0.1) is 10.4 Å². The third-order valence-electron chi connectivity index (χ3n) is 4.33. The number of nitrogens with one attached hydrogen (secondary N) is 2. The zero-order valence-corrected chi connectivity index (χ0v) is 15.8. The number of rotatable bonds is 4. The van der Waals surface area contributed by atoms with E-state index in [0.29, 0.717) is 11.1 Å². The Morgan fingerprint density at radius 3 is 1.41 bits per heavy atom. The molecule has 1 saturated heterocycles. The minimum Gasteiger partial charge on any atom is -0.595 e. The molecular formula is C19H18N2O7S. The lowest BCUT2D eigenvalue weighted by atomic mass is 10.0. The summed E-state index contributed by atoms with van der Waals surface area (Å²) in [5.41, 5.74) is 1.38. The first kappa shape index (κ1) is 21.0. The normalized spacial score (nSPS) is 21.3. The summed E-state index contributed by atoms with van der Waals surface area (Å²) in [5, 5.41) is 37.6. The van der Waals surface area contributed by atoms with Crippen molar-refractivity contribution < 1.29 is 34.1 Å².